The summed E-state index contributed by atoms with van der Waals surface area (Å²) >= 11 is 0. The average Bonchev–Trinajstić information content (AvgIpc) is 2.06. The van der Waals surface area contributed by atoms with Gasteiger partial charge in [-0.15, -0.1) is 0 Å². The summed E-state index contributed by atoms with van der Waals surface area (Å²) in [5.41, 5.74) is 1.03. The van der Waals surface area contributed by atoms with Crippen molar-refractivity contribution < 1.29 is 15.1 Å². The molecule has 3 N–H and O–H groups in total. The maximum Gasteiger partial charge on any atom is 0.211 e. The third-order valence-electron chi connectivity index (χ3n) is 1.30. The smallest absolute Gasteiger partial charge is 0.211 e. The predicted molar refractivity (Wildman–Crippen MR) is 45.1 cm³/mol. The summed E-state index contributed by atoms with van der Waals surface area (Å²) < 4.78 is 0. The molecule has 0 unspecified atom stereocenters. The van der Waals surface area contributed by atoms with Crippen molar-refractivity contribution in [2.45, 2.75) is 0 Å². The van der Waals surface area contributed by atoms with Crippen LogP contribution in [0.3, 0.4) is 0 Å². The lowest BCUT2D eigenvalue weighted by Gasteiger charge is -1.99. The van der Waals surface area contributed by atoms with Crippen LogP contribution in [-0.2, 0) is 4.79 Å². The summed E-state index contributed by atoms with van der Waals surface area (Å²) in [5.74, 6) is 0. The summed E-state index contributed by atoms with van der Waals surface area (Å²) in [7, 11) is 0. The lowest BCUT2D eigenvalue weighted by molar-refractivity contribution is -0.105. The maximum atomic E-state index is 10.3. The molecule has 64 valence electrons. The number of rotatable bonds is 3. The van der Waals surface area contributed by atoms with Crippen molar-refractivity contribution >= 4 is 18.4 Å². The molecule has 0 aromatic heterocycles. The molecule has 0 saturated carbocycles. The molecule has 0 saturated heterocycles. The normalized spacial score (nSPS) is 8.00. The Morgan fingerprint density at radius 2 is 1.83 bits per heavy atom. The van der Waals surface area contributed by atoms with Gasteiger partial charge in [-0.05, 0) is 12.1 Å². The van der Waals surface area contributed by atoms with Gasteiger partial charge in [0.1, 0.15) is 0 Å². The van der Waals surface area contributed by atoms with Gasteiger partial charge in [0.15, 0.2) is 6.29 Å². The van der Waals surface area contributed by atoms with Crippen molar-refractivity contribution in [3.63, 3.8) is 0 Å². The van der Waals surface area contributed by atoms with Crippen LogP contribution >= 0.6 is 0 Å². The van der Waals surface area contributed by atoms with E-state index in [0.717, 1.165) is 0 Å². The highest BCUT2D eigenvalue weighted by Crippen LogP contribution is 2.10. The van der Waals surface area contributed by atoms with E-state index in [-0.39, 0.29) is 5.48 Å². The molecule has 0 fully saturated rings. The second kappa shape index (κ2) is 5.03. The Hall–Kier alpha value is -1.68. The minimum atomic E-state index is 0. The number of aldehydes is 1. The highest BCUT2D eigenvalue weighted by Gasteiger charge is 1.96. The molecule has 0 heterocycles. The third kappa shape index (κ3) is 2.17. The fourth-order valence-electron chi connectivity index (χ4n) is 0.795. The van der Waals surface area contributed by atoms with Gasteiger partial charge in [0.2, 0.25) is 6.41 Å². The topological polar surface area (TPSA) is 77.7 Å². The zero-order valence-electron chi connectivity index (χ0n) is 6.28. The van der Waals surface area contributed by atoms with Crippen molar-refractivity contribution in [2.24, 2.45) is 0 Å². The summed E-state index contributed by atoms with van der Waals surface area (Å²) in [6, 6.07) is 6.79. The second-order valence-corrected chi connectivity index (χ2v) is 1.97. The highest BCUT2D eigenvalue weighted by molar-refractivity contribution is 5.88. The molecule has 1 amide bonds. The van der Waals surface area contributed by atoms with E-state index in [4.69, 9.17) is 0 Å². The number of carbonyl (C=O) groups is 2. The van der Waals surface area contributed by atoms with E-state index in [1.165, 1.54) is 0 Å². The summed E-state index contributed by atoms with van der Waals surface area (Å²) in [6.07, 6.45) is 1.24. The number of hydrogen-bond donors (Lipinski definition) is 1. The molecule has 0 radical (unpaired) electrons. The molecule has 0 aliphatic rings. The third-order valence-corrected chi connectivity index (χ3v) is 1.30. The number of para-hydroxylation sites is 1. The SMILES string of the molecule is O.O=CNc1ccccc1C=O. The van der Waals surface area contributed by atoms with E-state index in [1.807, 2.05) is 0 Å². The second-order valence-electron chi connectivity index (χ2n) is 1.97. The first-order chi connectivity index (χ1) is 5.38. The van der Waals surface area contributed by atoms with Crippen LogP contribution in [0.4, 0.5) is 5.69 Å². The van der Waals surface area contributed by atoms with Crippen LogP contribution in [-0.4, -0.2) is 18.2 Å². The van der Waals surface area contributed by atoms with E-state index in [9.17, 15) is 9.59 Å². The van der Waals surface area contributed by atoms with Gasteiger partial charge in [0, 0.05) is 5.56 Å². The van der Waals surface area contributed by atoms with E-state index in [0.29, 0.717) is 23.9 Å². The minimum Gasteiger partial charge on any atom is -0.412 e. The van der Waals surface area contributed by atoms with E-state index in [2.05, 4.69) is 5.32 Å². The monoisotopic (exact) mass is 167 g/mol. The Labute approximate surface area is 69.5 Å². The molecule has 0 aliphatic heterocycles. The van der Waals surface area contributed by atoms with Gasteiger partial charge in [0.05, 0.1) is 5.69 Å². The molecule has 0 bridgehead atoms. The van der Waals surface area contributed by atoms with Gasteiger partial charge in [-0.2, -0.15) is 0 Å². The van der Waals surface area contributed by atoms with E-state index < -0.39 is 0 Å². The van der Waals surface area contributed by atoms with E-state index in [1.54, 1.807) is 24.3 Å². The van der Waals surface area contributed by atoms with Crippen molar-refractivity contribution in [3.8, 4) is 0 Å². The van der Waals surface area contributed by atoms with Crippen LogP contribution in [0.2, 0.25) is 0 Å². The Bertz CT molecular complexity index is 273. The quantitative estimate of drug-likeness (QED) is 0.654. The molecule has 1 aromatic rings. The number of amides is 1. The Morgan fingerprint density at radius 1 is 1.17 bits per heavy atom. The maximum absolute atomic E-state index is 10.3. The van der Waals surface area contributed by atoms with Crippen LogP contribution in [0.25, 0.3) is 0 Å². The Kier molecular flexibility index (Phi) is 4.33. The summed E-state index contributed by atoms with van der Waals surface area (Å²) in [4.78, 5) is 20.4. The van der Waals surface area contributed by atoms with Gasteiger partial charge in [-0.3, -0.25) is 9.59 Å². The van der Waals surface area contributed by atoms with Crippen molar-refractivity contribution in [3.05, 3.63) is 29.8 Å². The van der Waals surface area contributed by atoms with Gasteiger partial charge >= 0.3 is 0 Å². The van der Waals surface area contributed by atoms with E-state index >= 15 is 0 Å². The van der Waals surface area contributed by atoms with Crippen molar-refractivity contribution in [1.29, 1.82) is 0 Å². The summed E-state index contributed by atoms with van der Waals surface area (Å²) in [6.45, 7) is 0. The van der Waals surface area contributed by atoms with Crippen LogP contribution in [0, 0.1) is 0 Å². The molecular weight excluding hydrogens is 158 g/mol. The van der Waals surface area contributed by atoms with Crippen LogP contribution in [0.5, 0.6) is 0 Å². The van der Waals surface area contributed by atoms with Crippen molar-refractivity contribution in [2.75, 3.05) is 5.32 Å². The molecule has 12 heavy (non-hydrogen) atoms. The van der Waals surface area contributed by atoms with Crippen molar-refractivity contribution in [1.82, 2.24) is 0 Å². The zero-order valence-corrected chi connectivity index (χ0v) is 6.28. The van der Waals surface area contributed by atoms with Gasteiger partial charge in [-0.1, -0.05) is 12.1 Å². The highest BCUT2D eigenvalue weighted by atomic mass is 16.1. The number of nitrogens with one attached hydrogen (secondary N) is 1. The van der Waals surface area contributed by atoms with Crippen LogP contribution in [0.1, 0.15) is 10.4 Å². The molecule has 4 nitrogen and oxygen atoms in total. The summed E-state index contributed by atoms with van der Waals surface area (Å²) in [5, 5.41) is 2.42. The molecule has 0 aliphatic carbocycles. The van der Waals surface area contributed by atoms with Crippen LogP contribution < -0.4 is 5.32 Å². The van der Waals surface area contributed by atoms with Gasteiger partial charge < -0.3 is 10.8 Å². The molecule has 1 aromatic carbocycles. The lowest BCUT2D eigenvalue weighted by atomic mass is 10.2. The zero-order chi connectivity index (χ0) is 8.10. The Balaban J connectivity index is 0.00000121. The first kappa shape index (κ1) is 10.3. The fraction of sp³-hybridized carbons (Fsp3) is 0. The largest absolute Gasteiger partial charge is 0.412 e. The number of benzene rings is 1. The molecule has 0 spiro atoms. The number of carbonyl (C=O) groups excluding carboxylic acids is 2. The lowest BCUT2D eigenvalue weighted by Crippen LogP contribution is -1.97. The number of anilines is 1. The first-order valence-corrected chi connectivity index (χ1v) is 3.13. The fourth-order valence-corrected chi connectivity index (χ4v) is 0.795. The van der Waals surface area contributed by atoms with Crippen LogP contribution in [0.15, 0.2) is 24.3 Å². The standard InChI is InChI=1S/C8H7NO2.H2O/c10-5-7-3-1-2-4-8(7)9-6-11;/h1-6H,(H,9,11);1H2. The predicted octanol–water partition coefficient (Wildman–Crippen LogP) is 0.243. The molecule has 4 heteroatoms. The minimum absolute atomic E-state index is 0. The van der Waals surface area contributed by atoms with Gasteiger partial charge in [-0.25, -0.2) is 0 Å². The van der Waals surface area contributed by atoms with Gasteiger partial charge in [0.25, 0.3) is 0 Å². The average molecular weight is 167 g/mol. The Morgan fingerprint density at radius 3 is 2.42 bits per heavy atom. The molecular formula is C8H9NO3. The molecule has 1 rings (SSSR count). The molecule has 0 atom stereocenters. The number of hydrogen-bond acceptors (Lipinski definition) is 2. The first-order valence-electron chi connectivity index (χ1n) is 3.13.